The molecule has 1 saturated heterocycles. The Hall–Kier alpha value is -1.59. The van der Waals surface area contributed by atoms with Crippen LogP contribution in [0.5, 0.6) is 0 Å². The lowest BCUT2D eigenvalue weighted by molar-refractivity contribution is 0.0536. The van der Waals surface area contributed by atoms with Gasteiger partial charge in [0.15, 0.2) is 5.96 Å². The van der Waals surface area contributed by atoms with Gasteiger partial charge in [0.1, 0.15) is 0 Å². The van der Waals surface area contributed by atoms with Gasteiger partial charge in [-0.1, -0.05) is 44.2 Å². The van der Waals surface area contributed by atoms with Gasteiger partial charge in [-0.3, -0.25) is 4.99 Å². The van der Waals surface area contributed by atoms with Crippen molar-refractivity contribution >= 4 is 5.96 Å². The summed E-state index contributed by atoms with van der Waals surface area (Å²) in [5, 5.41) is 3.47. The smallest absolute Gasteiger partial charge is 0.193 e. The molecule has 5 nitrogen and oxygen atoms in total. The Kier molecular flexibility index (Phi) is 9.08. The molecule has 1 aliphatic heterocycles. The van der Waals surface area contributed by atoms with E-state index in [1.54, 1.807) is 7.11 Å². The van der Waals surface area contributed by atoms with E-state index in [1.165, 1.54) is 5.56 Å². The van der Waals surface area contributed by atoms with Crippen molar-refractivity contribution in [3.63, 3.8) is 0 Å². The molecule has 1 atom stereocenters. The number of benzene rings is 1. The summed E-state index contributed by atoms with van der Waals surface area (Å²) in [6, 6.07) is 10.7. The molecule has 27 heavy (non-hydrogen) atoms. The van der Waals surface area contributed by atoms with Gasteiger partial charge in [-0.05, 0) is 30.7 Å². The zero-order chi connectivity index (χ0) is 19.5. The molecule has 0 aromatic heterocycles. The number of methoxy groups -OCH3 is 1. The van der Waals surface area contributed by atoms with Gasteiger partial charge in [-0.2, -0.15) is 0 Å². The molecule has 2 rings (SSSR count). The molecule has 0 saturated carbocycles. The van der Waals surface area contributed by atoms with E-state index in [0.717, 1.165) is 51.6 Å². The Morgan fingerprint density at radius 2 is 2.04 bits per heavy atom. The van der Waals surface area contributed by atoms with Gasteiger partial charge < -0.3 is 19.7 Å². The maximum Gasteiger partial charge on any atom is 0.193 e. The summed E-state index contributed by atoms with van der Waals surface area (Å²) < 4.78 is 10.8. The average Bonchev–Trinajstić information content (AvgIpc) is 3.11. The molecule has 1 aliphatic rings. The topological polar surface area (TPSA) is 46.1 Å². The fourth-order valence-electron chi connectivity index (χ4n) is 3.47. The minimum absolute atomic E-state index is 0.129. The van der Waals surface area contributed by atoms with Gasteiger partial charge in [-0.25, -0.2) is 0 Å². The predicted octanol–water partition coefficient (Wildman–Crippen LogP) is 3.21. The molecular weight excluding hydrogens is 338 g/mol. The second-order valence-electron chi connectivity index (χ2n) is 8.17. The average molecular weight is 376 g/mol. The Morgan fingerprint density at radius 3 is 2.74 bits per heavy atom. The molecule has 1 fully saturated rings. The number of nitrogens with one attached hydrogen (secondary N) is 1. The van der Waals surface area contributed by atoms with E-state index in [4.69, 9.17) is 14.5 Å². The minimum atomic E-state index is 0.129. The van der Waals surface area contributed by atoms with Gasteiger partial charge in [0.2, 0.25) is 0 Å². The number of nitrogens with zero attached hydrogens (tertiary/aromatic N) is 2. The third-order valence-corrected chi connectivity index (χ3v) is 4.89. The summed E-state index contributed by atoms with van der Waals surface area (Å²) in [7, 11) is 1.71. The van der Waals surface area contributed by atoms with Gasteiger partial charge in [0.25, 0.3) is 0 Å². The van der Waals surface area contributed by atoms with Crippen LogP contribution in [0, 0.1) is 11.3 Å². The molecule has 0 aliphatic carbocycles. The second kappa shape index (κ2) is 11.3. The Morgan fingerprint density at radius 1 is 1.26 bits per heavy atom. The highest BCUT2D eigenvalue weighted by atomic mass is 16.5. The van der Waals surface area contributed by atoms with Crippen LogP contribution in [0.25, 0.3) is 0 Å². The number of likely N-dealkylation sites (tertiary alicyclic amines) is 1. The van der Waals surface area contributed by atoms with Crippen LogP contribution in [-0.4, -0.2) is 64.0 Å². The van der Waals surface area contributed by atoms with E-state index in [-0.39, 0.29) is 5.41 Å². The maximum atomic E-state index is 5.71. The maximum absolute atomic E-state index is 5.71. The van der Waals surface area contributed by atoms with Crippen molar-refractivity contribution in [2.24, 2.45) is 16.3 Å². The Bertz CT molecular complexity index is 560. The highest BCUT2D eigenvalue weighted by molar-refractivity contribution is 5.80. The van der Waals surface area contributed by atoms with Crippen LogP contribution in [0.15, 0.2) is 35.3 Å². The summed E-state index contributed by atoms with van der Waals surface area (Å²) in [6.45, 7) is 12.6. The van der Waals surface area contributed by atoms with Crippen LogP contribution < -0.4 is 5.32 Å². The molecule has 0 amide bonds. The van der Waals surface area contributed by atoms with E-state index >= 15 is 0 Å². The highest BCUT2D eigenvalue weighted by Crippen LogP contribution is 2.23. The molecule has 0 bridgehead atoms. The van der Waals surface area contributed by atoms with E-state index < -0.39 is 0 Å². The van der Waals surface area contributed by atoms with Crippen molar-refractivity contribution < 1.29 is 9.47 Å². The van der Waals surface area contributed by atoms with Gasteiger partial charge in [0, 0.05) is 39.2 Å². The molecule has 1 aromatic carbocycles. The first-order chi connectivity index (χ1) is 13.0. The molecule has 0 radical (unpaired) electrons. The first-order valence-corrected chi connectivity index (χ1v) is 10.2. The zero-order valence-corrected chi connectivity index (χ0v) is 17.5. The third kappa shape index (κ3) is 7.89. The van der Waals surface area contributed by atoms with Gasteiger partial charge in [0.05, 0.1) is 19.8 Å². The monoisotopic (exact) mass is 375 g/mol. The number of hydrogen-bond donors (Lipinski definition) is 1. The summed E-state index contributed by atoms with van der Waals surface area (Å²) in [4.78, 5) is 7.36. The number of hydrogen-bond acceptors (Lipinski definition) is 3. The fraction of sp³-hybridized carbons (Fsp3) is 0.682. The van der Waals surface area contributed by atoms with Crippen molar-refractivity contribution in [1.29, 1.82) is 0 Å². The van der Waals surface area contributed by atoms with Crippen LogP contribution >= 0.6 is 0 Å². The number of guanidine groups is 1. The van der Waals surface area contributed by atoms with Crippen LogP contribution in [0.2, 0.25) is 0 Å². The zero-order valence-electron chi connectivity index (χ0n) is 17.5. The van der Waals surface area contributed by atoms with Crippen molar-refractivity contribution in [2.75, 3.05) is 53.1 Å². The van der Waals surface area contributed by atoms with Crippen molar-refractivity contribution in [3.05, 3.63) is 35.9 Å². The predicted molar refractivity (Wildman–Crippen MR) is 112 cm³/mol. The molecule has 1 heterocycles. The van der Waals surface area contributed by atoms with Crippen LogP contribution in [0.4, 0.5) is 0 Å². The largest absolute Gasteiger partial charge is 0.382 e. The summed E-state index contributed by atoms with van der Waals surface area (Å²) in [6.07, 6.45) is 2.19. The normalized spacial score (nSPS) is 18.1. The Balaban J connectivity index is 1.88. The van der Waals surface area contributed by atoms with Crippen LogP contribution in [0.3, 0.4) is 0 Å². The van der Waals surface area contributed by atoms with E-state index in [1.807, 2.05) is 0 Å². The van der Waals surface area contributed by atoms with E-state index in [0.29, 0.717) is 19.1 Å². The molecule has 152 valence electrons. The van der Waals surface area contributed by atoms with Crippen molar-refractivity contribution in [2.45, 2.75) is 33.6 Å². The minimum Gasteiger partial charge on any atom is -0.382 e. The first-order valence-electron chi connectivity index (χ1n) is 10.2. The van der Waals surface area contributed by atoms with Crippen LogP contribution in [0.1, 0.15) is 32.8 Å². The van der Waals surface area contributed by atoms with Crippen molar-refractivity contribution in [3.8, 4) is 0 Å². The molecule has 1 unspecified atom stereocenters. The lowest BCUT2D eigenvalue weighted by Crippen LogP contribution is -2.41. The number of rotatable bonds is 10. The standard InChI is InChI=1S/C22H37N3O2/c1-5-23-21(25-12-11-20(16-25)17-27-14-13-26-4)24-18-22(2,3)15-19-9-7-6-8-10-19/h6-10,20H,5,11-18H2,1-4H3,(H,23,24). The first kappa shape index (κ1) is 21.7. The van der Waals surface area contributed by atoms with E-state index in [9.17, 15) is 0 Å². The number of ether oxygens (including phenoxy) is 2. The summed E-state index contributed by atoms with van der Waals surface area (Å²) in [5.74, 6) is 1.61. The van der Waals surface area contributed by atoms with Crippen LogP contribution in [-0.2, 0) is 15.9 Å². The second-order valence-corrected chi connectivity index (χ2v) is 8.17. The SMILES string of the molecule is CCNC(=NCC(C)(C)Cc1ccccc1)N1CCC(COCCOC)C1. The molecule has 1 aromatic rings. The van der Waals surface area contributed by atoms with Crippen molar-refractivity contribution in [1.82, 2.24) is 10.2 Å². The summed E-state index contributed by atoms with van der Waals surface area (Å²) in [5.41, 5.74) is 1.50. The fourth-order valence-corrected chi connectivity index (χ4v) is 3.47. The molecular formula is C22H37N3O2. The number of aliphatic imine (C=N–C) groups is 1. The highest BCUT2D eigenvalue weighted by Gasteiger charge is 2.26. The Labute approximate surface area is 165 Å². The molecule has 0 spiro atoms. The quantitative estimate of drug-likeness (QED) is 0.387. The van der Waals surface area contributed by atoms with Gasteiger partial charge >= 0.3 is 0 Å². The molecule has 1 N–H and O–H groups in total. The summed E-state index contributed by atoms with van der Waals surface area (Å²) >= 11 is 0. The van der Waals surface area contributed by atoms with Gasteiger partial charge in [-0.15, -0.1) is 0 Å². The lowest BCUT2D eigenvalue weighted by Gasteiger charge is -2.26. The lowest BCUT2D eigenvalue weighted by atomic mass is 9.86. The third-order valence-electron chi connectivity index (χ3n) is 4.89. The molecule has 5 heteroatoms. The van der Waals surface area contributed by atoms with E-state index in [2.05, 4.69) is 61.3 Å².